The number of halogens is 1. The molecule has 0 atom stereocenters. The summed E-state index contributed by atoms with van der Waals surface area (Å²) >= 11 is 0. The fourth-order valence-corrected chi connectivity index (χ4v) is 4.96. The SMILES string of the molecule is Cc1cc(F)cc(-c2cncc3[nH]c(-c4n[nH]c5ccc(-c6cncc(NC(=O)C7CC7)c6)cc45)cc23)c1. The Balaban J connectivity index is 1.29. The topological polar surface area (TPSA) is 99.3 Å². The van der Waals surface area contributed by atoms with E-state index in [2.05, 4.69) is 36.5 Å². The lowest BCUT2D eigenvalue weighted by Gasteiger charge is -2.07. The second-order valence-electron chi connectivity index (χ2n) is 9.91. The average Bonchev–Trinajstić information content (AvgIpc) is 3.54. The van der Waals surface area contributed by atoms with Crippen molar-refractivity contribution in [2.24, 2.45) is 5.92 Å². The van der Waals surface area contributed by atoms with Crippen LogP contribution in [-0.4, -0.2) is 31.1 Å². The summed E-state index contributed by atoms with van der Waals surface area (Å²) in [6.07, 6.45) is 8.88. The average molecular weight is 503 g/mol. The van der Waals surface area contributed by atoms with Crippen molar-refractivity contribution < 1.29 is 9.18 Å². The number of carbonyl (C=O) groups excluding carboxylic acids is 1. The number of nitrogens with zero attached hydrogens (tertiary/aromatic N) is 3. The largest absolute Gasteiger partial charge is 0.352 e. The zero-order valence-electron chi connectivity index (χ0n) is 20.5. The van der Waals surface area contributed by atoms with E-state index >= 15 is 0 Å². The Labute approximate surface area is 217 Å². The van der Waals surface area contributed by atoms with Gasteiger partial charge >= 0.3 is 0 Å². The number of rotatable bonds is 5. The molecule has 0 unspecified atom stereocenters. The Bertz CT molecular complexity index is 1850. The molecule has 7 rings (SSSR count). The van der Waals surface area contributed by atoms with E-state index in [-0.39, 0.29) is 17.6 Å². The number of pyridine rings is 2. The van der Waals surface area contributed by atoms with Crippen LogP contribution in [0.25, 0.3) is 55.4 Å². The maximum atomic E-state index is 14.2. The van der Waals surface area contributed by atoms with Gasteiger partial charge in [-0.2, -0.15) is 5.10 Å². The molecule has 6 aromatic rings. The molecule has 8 heteroatoms. The van der Waals surface area contributed by atoms with E-state index in [1.54, 1.807) is 24.8 Å². The summed E-state index contributed by atoms with van der Waals surface area (Å²) in [5.41, 5.74) is 8.37. The van der Waals surface area contributed by atoms with Gasteiger partial charge in [-0.15, -0.1) is 0 Å². The smallest absolute Gasteiger partial charge is 0.227 e. The zero-order valence-corrected chi connectivity index (χ0v) is 20.5. The minimum absolute atomic E-state index is 0.0533. The van der Waals surface area contributed by atoms with E-state index in [1.807, 2.05) is 37.3 Å². The summed E-state index contributed by atoms with van der Waals surface area (Å²) < 4.78 is 14.2. The second kappa shape index (κ2) is 8.62. The lowest BCUT2D eigenvalue weighted by atomic mass is 10.0. The minimum Gasteiger partial charge on any atom is -0.352 e. The first-order valence-corrected chi connectivity index (χ1v) is 12.5. The first-order chi connectivity index (χ1) is 18.5. The van der Waals surface area contributed by atoms with Gasteiger partial charge in [0.15, 0.2) is 0 Å². The molecule has 4 aromatic heterocycles. The molecule has 0 aliphatic heterocycles. The highest BCUT2D eigenvalue weighted by atomic mass is 19.1. The number of amides is 1. The number of fused-ring (bicyclic) bond motifs is 2. The normalized spacial score (nSPS) is 13.3. The minimum atomic E-state index is -0.274. The van der Waals surface area contributed by atoms with Crippen LogP contribution in [0.15, 0.2) is 73.3 Å². The maximum absolute atomic E-state index is 14.2. The first kappa shape index (κ1) is 22.4. The molecule has 1 fully saturated rings. The molecule has 1 aliphatic carbocycles. The molecule has 38 heavy (non-hydrogen) atoms. The standard InChI is InChI=1S/C30H23FN6O/c1-16-6-19(8-21(31)7-16)25-14-33-15-28-23(25)11-27(35-28)29-24-10-18(4-5-26(24)36-37-29)20-9-22(13-32-12-20)34-30(38)17-2-3-17/h4-15,17,35H,2-3H2,1H3,(H,34,38)(H,36,37). The number of H-pyrrole nitrogens is 2. The van der Waals surface area contributed by atoms with E-state index in [9.17, 15) is 9.18 Å². The third-order valence-corrected chi connectivity index (χ3v) is 7.00. The van der Waals surface area contributed by atoms with Gasteiger partial charge in [-0.05, 0) is 72.9 Å². The summed E-state index contributed by atoms with van der Waals surface area (Å²) in [5, 5.41) is 12.6. The molecule has 0 spiro atoms. The second-order valence-corrected chi connectivity index (χ2v) is 9.91. The zero-order chi connectivity index (χ0) is 25.8. The molecule has 7 nitrogen and oxygen atoms in total. The van der Waals surface area contributed by atoms with Crippen LogP contribution in [0, 0.1) is 18.7 Å². The Kier molecular flexibility index (Phi) is 5.07. The molecular weight excluding hydrogens is 479 g/mol. The fourth-order valence-electron chi connectivity index (χ4n) is 4.96. The van der Waals surface area contributed by atoms with Crippen LogP contribution in [0.5, 0.6) is 0 Å². The van der Waals surface area contributed by atoms with Gasteiger partial charge in [0.25, 0.3) is 0 Å². The fraction of sp³-hybridized carbons (Fsp3) is 0.133. The maximum Gasteiger partial charge on any atom is 0.227 e. The molecular formula is C30H23FN6O. The highest BCUT2D eigenvalue weighted by Gasteiger charge is 2.29. The van der Waals surface area contributed by atoms with Crippen LogP contribution in [0.4, 0.5) is 10.1 Å². The van der Waals surface area contributed by atoms with Gasteiger partial charge in [0.2, 0.25) is 5.91 Å². The first-order valence-electron chi connectivity index (χ1n) is 12.5. The molecule has 1 amide bonds. The monoisotopic (exact) mass is 502 g/mol. The van der Waals surface area contributed by atoms with Crippen molar-refractivity contribution >= 4 is 33.4 Å². The van der Waals surface area contributed by atoms with Crippen molar-refractivity contribution in [2.75, 3.05) is 5.32 Å². The van der Waals surface area contributed by atoms with E-state index in [0.29, 0.717) is 5.69 Å². The van der Waals surface area contributed by atoms with Crippen molar-refractivity contribution in [1.82, 2.24) is 25.1 Å². The third kappa shape index (κ3) is 4.00. The summed E-state index contributed by atoms with van der Waals surface area (Å²) in [4.78, 5) is 24.4. The lowest BCUT2D eigenvalue weighted by Crippen LogP contribution is -2.13. The summed E-state index contributed by atoms with van der Waals surface area (Å²) in [7, 11) is 0. The van der Waals surface area contributed by atoms with Crippen molar-refractivity contribution in [2.45, 2.75) is 19.8 Å². The van der Waals surface area contributed by atoms with Crippen LogP contribution >= 0.6 is 0 Å². The van der Waals surface area contributed by atoms with Gasteiger partial charge in [-0.1, -0.05) is 12.1 Å². The molecule has 0 bridgehead atoms. The Hall–Kier alpha value is -4.85. The van der Waals surface area contributed by atoms with Crippen LogP contribution in [0.1, 0.15) is 18.4 Å². The summed E-state index contributed by atoms with van der Waals surface area (Å²) in [5.74, 6) is -0.0951. The number of hydrogen-bond acceptors (Lipinski definition) is 4. The van der Waals surface area contributed by atoms with Crippen molar-refractivity contribution in [3.8, 4) is 33.6 Å². The number of benzene rings is 2. The van der Waals surface area contributed by atoms with Crippen LogP contribution in [0.2, 0.25) is 0 Å². The molecule has 3 N–H and O–H groups in total. The predicted molar refractivity (Wildman–Crippen MR) is 146 cm³/mol. The van der Waals surface area contributed by atoms with Crippen LogP contribution in [-0.2, 0) is 4.79 Å². The molecule has 1 aliphatic rings. The van der Waals surface area contributed by atoms with E-state index < -0.39 is 0 Å². The number of anilines is 1. The van der Waals surface area contributed by atoms with Gasteiger partial charge < -0.3 is 10.3 Å². The third-order valence-electron chi connectivity index (χ3n) is 7.00. The Morgan fingerprint density at radius 3 is 2.61 bits per heavy atom. The van der Waals surface area contributed by atoms with Crippen LogP contribution < -0.4 is 5.32 Å². The molecule has 0 saturated heterocycles. The molecule has 4 heterocycles. The Morgan fingerprint density at radius 1 is 0.895 bits per heavy atom. The number of hydrogen-bond donors (Lipinski definition) is 3. The van der Waals surface area contributed by atoms with Gasteiger partial charge in [-0.3, -0.25) is 19.9 Å². The van der Waals surface area contributed by atoms with Crippen molar-refractivity contribution in [3.05, 3.63) is 84.7 Å². The predicted octanol–water partition coefficient (Wildman–Crippen LogP) is 6.63. The van der Waals surface area contributed by atoms with Crippen molar-refractivity contribution in [1.29, 1.82) is 0 Å². The molecule has 0 radical (unpaired) electrons. The van der Waals surface area contributed by atoms with E-state index in [1.165, 1.54) is 12.1 Å². The highest BCUT2D eigenvalue weighted by molar-refractivity contribution is 6.01. The van der Waals surface area contributed by atoms with Gasteiger partial charge in [0, 0.05) is 40.2 Å². The van der Waals surface area contributed by atoms with Crippen LogP contribution in [0.3, 0.4) is 0 Å². The van der Waals surface area contributed by atoms with E-state index in [0.717, 1.165) is 73.9 Å². The molecule has 2 aromatic carbocycles. The number of aryl methyl sites for hydroxylation is 1. The number of nitrogens with one attached hydrogen (secondary N) is 3. The van der Waals surface area contributed by atoms with Gasteiger partial charge in [-0.25, -0.2) is 4.39 Å². The molecule has 1 saturated carbocycles. The van der Waals surface area contributed by atoms with E-state index in [4.69, 9.17) is 0 Å². The molecule has 186 valence electrons. The van der Waals surface area contributed by atoms with Crippen molar-refractivity contribution in [3.63, 3.8) is 0 Å². The van der Waals surface area contributed by atoms with Gasteiger partial charge in [0.05, 0.1) is 34.8 Å². The number of carbonyl (C=O) groups is 1. The lowest BCUT2D eigenvalue weighted by molar-refractivity contribution is -0.117. The Morgan fingerprint density at radius 2 is 1.76 bits per heavy atom. The highest BCUT2D eigenvalue weighted by Crippen LogP contribution is 2.36. The number of aromatic amines is 2. The number of aromatic nitrogens is 5. The quantitative estimate of drug-likeness (QED) is 0.246. The summed E-state index contributed by atoms with van der Waals surface area (Å²) in [6.45, 7) is 1.88. The van der Waals surface area contributed by atoms with Gasteiger partial charge in [0.1, 0.15) is 11.5 Å². The summed E-state index contributed by atoms with van der Waals surface area (Å²) in [6, 6.07) is 15.0.